The van der Waals surface area contributed by atoms with Crippen LogP contribution < -0.4 is 10.6 Å². The number of azo groups is 1. The van der Waals surface area contributed by atoms with E-state index < -0.39 is 17.9 Å². The molecule has 0 spiro atoms. The van der Waals surface area contributed by atoms with Crippen molar-refractivity contribution in [1.29, 1.82) is 0 Å². The molecule has 1 fully saturated rings. The Morgan fingerprint density at radius 2 is 2.28 bits per heavy atom. The largest absolute Gasteiger partial charge is 0.339 e. The highest BCUT2D eigenvalue weighted by Gasteiger charge is 2.28. The van der Waals surface area contributed by atoms with Gasteiger partial charge in [-0.1, -0.05) is 12.7 Å². The Hall–Kier alpha value is -2.31. The van der Waals surface area contributed by atoms with Gasteiger partial charge in [0.05, 0.1) is 0 Å². The number of nitrogens with one attached hydrogen (secondary N) is 2. The maximum absolute atomic E-state index is 11.8. The van der Waals surface area contributed by atoms with E-state index in [-0.39, 0.29) is 24.4 Å². The molecule has 1 atom stereocenters. The summed E-state index contributed by atoms with van der Waals surface area (Å²) in [6, 6.07) is -0.726. The van der Waals surface area contributed by atoms with Gasteiger partial charge >= 0.3 is 0 Å². The SMILES string of the molecule is C=C/C=C(\N=NC)C(=O)NC1CCC(=O)NC1=O. The first-order valence-corrected chi connectivity index (χ1v) is 5.35. The van der Waals surface area contributed by atoms with E-state index in [0.29, 0.717) is 0 Å². The van der Waals surface area contributed by atoms with Crippen molar-refractivity contribution in [2.75, 3.05) is 7.05 Å². The lowest BCUT2D eigenvalue weighted by Crippen LogP contribution is -2.52. The van der Waals surface area contributed by atoms with Crippen LogP contribution >= 0.6 is 0 Å². The summed E-state index contributed by atoms with van der Waals surface area (Å²) < 4.78 is 0. The third-order valence-corrected chi connectivity index (χ3v) is 2.26. The molecular weight excluding hydrogens is 236 g/mol. The van der Waals surface area contributed by atoms with E-state index in [1.54, 1.807) is 0 Å². The molecule has 1 saturated heterocycles. The molecule has 1 aliphatic rings. The predicted molar refractivity (Wildman–Crippen MR) is 63.4 cm³/mol. The van der Waals surface area contributed by atoms with Crippen molar-refractivity contribution in [3.8, 4) is 0 Å². The van der Waals surface area contributed by atoms with Crippen molar-refractivity contribution >= 4 is 17.7 Å². The van der Waals surface area contributed by atoms with Crippen LogP contribution in [0, 0.1) is 0 Å². The first-order chi connectivity index (χ1) is 8.58. The monoisotopic (exact) mass is 250 g/mol. The summed E-state index contributed by atoms with van der Waals surface area (Å²) in [6.45, 7) is 3.45. The first kappa shape index (κ1) is 13.8. The number of nitrogens with zero attached hydrogens (tertiary/aromatic N) is 2. The maximum Gasteiger partial charge on any atom is 0.272 e. The molecule has 0 aromatic carbocycles. The van der Waals surface area contributed by atoms with Crippen LogP contribution in [0.3, 0.4) is 0 Å². The van der Waals surface area contributed by atoms with Crippen LogP contribution in [0.4, 0.5) is 0 Å². The third-order valence-electron chi connectivity index (χ3n) is 2.26. The fourth-order valence-electron chi connectivity index (χ4n) is 1.44. The van der Waals surface area contributed by atoms with Gasteiger partial charge in [0.2, 0.25) is 11.8 Å². The molecule has 0 radical (unpaired) electrons. The van der Waals surface area contributed by atoms with Gasteiger partial charge in [0.15, 0.2) is 0 Å². The molecule has 0 aromatic rings. The Bertz CT molecular complexity index is 440. The fourth-order valence-corrected chi connectivity index (χ4v) is 1.44. The van der Waals surface area contributed by atoms with E-state index in [0.717, 1.165) is 0 Å². The maximum atomic E-state index is 11.8. The van der Waals surface area contributed by atoms with Gasteiger partial charge in [-0.2, -0.15) is 10.2 Å². The summed E-state index contributed by atoms with van der Waals surface area (Å²) in [5.74, 6) is -1.37. The van der Waals surface area contributed by atoms with Gasteiger partial charge in [-0.05, 0) is 12.5 Å². The highest BCUT2D eigenvalue weighted by atomic mass is 16.2. The van der Waals surface area contributed by atoms with Crippen molar-refractivity contribution in [2.45, 2.75) is 18.9 Å². The van der Waals surface area contributed by atoms with E-state index in [1.165, 1.54) is 19.2 Å². The zero-order valence-corrected chi connectivity index (χ0v) is 9.97. The summed E-state index contributed by atoms with van der Waals surface area (Å²) in [6.07, 6.45) is 3.26. The number of hydrogen-bond acceptors (Lipinski definition) is 5. The zero-order chi connectivity index (χ0) is 13.5. The number of carbonyl (C=O) groups excluding carboxylic acids is 3. The number of imide groups is 1. The fraction of sp³-hybridized carbons (Fsp3) is 0.364. The van der Waals surface area contributed by atoms with Crippen LogP contribution in [0.1, 0.15) is 12.8 Å². The number of allylic oxidation sites excluding steroid dienone is 2. The lowest BCUT2D eigenvalue weighted by Gasteiger charge is -2.21. The van der Waals surface area contributed by atoms with E-state index in [2.05, 4.69) is 27.4 Å². The van der Waals surface area contributed by atoms with Gasteiger partial charge in [-0.25, -0.2) is 0 Å². The van der Waals surface area contributed by atoms with Crippen molar-refractivity contribution in [3.63, 3.8) is 0 Å². The highest BCUT2D eigenvalue weighted by molar-refractivity contribution is 6.03. The molecule has 1 aliphatic heterocycles. The van der Waals surface area contributed by atoms with Crippen LogP contribution in [-0.4, -0.2) is 30.8 Å². The number of hydrogen-bond donors (Lipinski definition) is 2. The number of rotatable bonds is 4. The van der Waals surface area contributed by atoms with Crippen molar-refractivity contribution in [3.05, 3.63) is 24.4 Å². The molecule has 0 aliphatic carbocycles. The smallest absolute Gasteiger partial charge is 0.272 e. The summed E-state index contributed by atoms with van der Waals surface area (Å²) in [5, 5.41) is 11.8. The minimum atomic E-state index is -0.726. The van der Waals surface area contributed by atoms with Gasteiger partial charge in [-0.15, -0.1) is 0 Å². The number of piperidine rings is 1. The molecule has 7 heteroatoms. The van der Waals surface area contributed by atoms with Crippen LogP contribution in [0.5, 0.6) is 0 Å². The third kappa shape index (κ3) is 3.62. The van der Waals surface area contributed by atoms with Crippen LogP contribution in [0.25, 0.3) is 0 Å². The van der Waals surface area contributed by atoms with Gasteiger partial charge in [0, 0.05) is 13.5 Å². The zero-order valence-electron chi connectivity index (χ0n) is 9.97. The van der Waals surface area contributed by atoms with Crippen molar-refractivity contribution in [2.24, 2.45) is 10.2 Å². The average molecular weight is 250 g/mol. The van der Waals surface area contributed by atoms with E-state index in [4.69, 9.17) is 0 Å². The summed E-state index contributed by atoms with van der Waals surface area (Å²) in [4.78, 5) is 34.2. The second-order valence-electron chi connectivity index (χ2n) is 3.56. The molecule has 0 saturated carbocycles. The molecule has 0 aromatic heterocycles. The number of carbonyl (C=O) groups is 3. The molecule has 3 amide bonds. The quantitative estimate of drug-likeness (QED) is 0.319. The average Bonchev–Trinajstić information content (AvgIpc) is 2.32. The minimum Gasteiger partial charge on any atom is -0.339 e. The summed E-state index contributed by atoms with van der Waals surface area (Å²) >= 11 is 0. The minimum absolute atomic E-state index is 0.0530. The Balaban J connectivity index is 2.69. The second-order valence-corrected chi connectivity index (χ2v) is 3.56. The molecule has 0 bridgehead atoms. The van der Waals surface area contributed by atoms with E-state index >= 15 is 0 Å². The van der Waals surface area contributed by atoms with Crippen molar-refractivity contribution < 1.29 is 14.4 Å². The topological polar surface area (TPSA) is 100.0 Å². The van der Waals surface area contributed by atoms with Crippen LogP contribution in [0.15, 0.2) is 34.7 Å². The van der Waals surface area contributed by atoms with E-state index in [1.807, 2.05) is 0 Å². The Morgan fingerprint density at radius 3 is 2.83 bits per heavy atom. The molecule has 18 heavy (non-hydrogen) atoms. The highest BCUT2D eigenvalue weighted by Crippen LogP contribution is 2.06. The lowest BCUT2D eigenvalue weighted by atomic mass is 10.1. The number of amides is 3. The normalized spacial score (nSPS) is 20.7. The Morgan fingerprint density at radius 1 is 1.56 bits per heavy atom. The molecule has 7 nitrogen and oxygen atoms in total. The van der Waals surface area contributed by atoms with Gasteiger partial charge in [-0.3, -0.25) is 19.7 Å². The first-order valence-electron chi connectivity index (χ1n) is 5.35. The molecule has 96 valence electrons. The molecular formula is C11H14N4O3. The Labute approximate surface area is 104 Å². The second kappa shape index (κ2) is 6.43. The summed E-state index contributed by atoms with van der Waals surface area (Å²) in [7, 11) is 1.43. The molecule has 1 unspecified atom stereocenters. The van der Waals surface area contributed by atoms with Gasteiger partial charge < -0.3 is 5.32 Å². The molecule has 2 N–H and O–H groups in total. The van der Waals surface area contributed by atoms with E-state index in [9.17, 15) is 14.4 Å². The Kier molecular flexibility index (Phi) is 4.91. The molecule has 1 heterocycles. The van der Waals surface area contributed by atoms with Gasteiger partial charge in [0.25, 0.3) is 5.91 Å². The van der Waals surface area contributed by atoms with Gasteiger partial charge in [0.1, 0.15) is 11.7 Å². The summed E-state index contributed by atoms with van der Waals surface area (Å²) in [5.41, 5.74) is 0.0530. The predicted octanol–water partition coefficient (Wildman–Crippen LogP) is 0.0597. The van der Waals surface area contributed by atoms with Crippen molar-refractivity contribution in [1.82, 2.24) is 10.6 Å². The lowest BCUT2D eigenvalue weighted by molar-refractivity contribution is -0.136. The van der Waals surface area contributed by atoms with Crippen LogP contribution in [-0.2, 0) is 14.4 Å². The standard InChI is InChI=1S/C11H14N4O3/c1-3-4-8(15-12-2)11(18)13-7-5-6-9(16)14-10(7)17/h3-4,7H,1,5-6H2,2H3,(H,13,18)(H,14,16,17)/b8-4-,15-12?. The molecule has 1 rings (SSSR count). The van der Waals surface area contributed by atoms with Crippen LogP contribution in [0.2, 0.25) is 0 Å².